The third-order valence-corrected chi connectivity index (χ3v) is 1.26. The van der Waals surface area contributed by atoms with Crippen LogP contribution in [0.1, 0.15) is 5.82 Å². The summed E-state index contributed by atoms with van der Waals surface area (Å²) < 4.78 is 4.91. The highest BCUT2D eigenvalue weighted by molar-refractivity contribution is 5.08. The lowest BCUT2D eigenvalue weighted by Crippen LogP contribution is -2.06. The minimum atomic E-state index is 0.563. The van der Waals surface area contributed by atoms with Crippen molar-refractivity contribution in [1.29, 1.82) is 0 Å². The Kier molecular flexibility index (Phi) is 2.80. The number of methoxy groups -OCH3 is 1. The number of rotatable bonds is 3. The fourth-order valence-corrected chi connectivity index (χ4v) is 0.744. The number of hydrogen-bond acceptors (Lipinski definition) is 4. The molecule has 0 aliphatic rings. The lowest BCUT2D eigenvalue weighted by Gasteiger charge is -1.99. The first-order chi connectivity index (χ1) is 5.36. The number of nitrogens with two attached hydrogens (primary N) is 1. The maximum Gasteiger partial charge on any atom is 0.216 e. The van der Waals surface area contributed by atoms with Gasteiger partial charge in [-0.05, 0) is 6.54 Å². The molecular formula is C7H11N3O. The van der Waals surface area contributed by atoms with Crippen LogP contribution in [0, 0.1) is 0 Å². The van der Waals surface area contributed by atoms with Crippen molar-refractivity contribution in [2.45, 2.75) is 6.42 Å². The van der Waals surface area contributed by atoms with Gasteiger partial charge >= 0.3 is 0 Å². The molecule has 4 heteroatoms. The Morgan fingerprint density at radius 2 is 2.45 bits per heavy atom. The van der Waals surface area contributed by atoms with Crippen molar-refractivity contribution in [1.82, 2.24) is 9.97 Å². The third kappa shape index (κ3) is 2.16. The number of ether oxygens (including phenoxy) is 1. The van der Waals surface area contributed by atoms with Gasteiger partial charge in [-0.25, -0.2) is 4.98 Å². The highest BCUT2D eigenvalue weighted by atomic mass is 16.5. The zero-order valence-corrected chi connectivity index (χ0v) is 6.45. The fraction of sp³-hybridized carbons (Fsp3) is 0.429. The zero-order valence-electron chi connectivity index (χ0n) is 6.45. The molecule has 0 atom stereocenters. The van der Waals surface area contributed by atoms with E-state index in [1.807, 2.05) is 0 Å². The summed E-state index contributed by atoms with van der Waals surface area (Å²) in [5.41, 5.74) is 5.33. The maximum absolute atomic E-state index is 5.33. The van der Waals surface area contributed by atoms with Gasteiger partial charge < -0.3 is 10.5 Å². The van der Waals surface area contributed by atoms with Crippen LogP contribution in [0.2, 0.25) is 0 Å². The average Bonchev–Trinajstić information content (AvgIpc) is 2.06. The molecule has 0 saturated heterocycles. The predicted molar refractivity (Wildman–Crippen MR) is 41.3 cm³/mol. The van der Waals surface area contributed by atoms with E-state index >= 15 is 0 Å². The second kappa shape index (κ2) is 3.88. The molecule has 0 amide bonds. The summed E-state index contributed by atoms with van der Waals surface area (Å²) in [7, 11) is 1.58. The normalized spacial score (nSPS) is 9.64. The second-order valence-corrected chi connectivity index (χ2v) is 2.05. The summed E-state index contributed by atoms with van der Waals surface area (Å²) in [6, 6.07) is 1.71. The second-order valence-electron chi connectivity index (χ2n) is 2.05. The molecule has 2 N–H and O–H groups in total. The van der Waals surface area contributed by atoms with E-state index in [1.165, 1.54) is 0 Å². The van der Waals surface area contributed by atoms with Gasteiger partial charge in [-0.3, -0.25) is 0 Å². The van der Waals surface area contributed by atoms with E-state index in [0.29, 0.717) is 18.8 Å². The van der Waals surface area contributed by atoms with Gasteiger partial charge in [0.25, 0.3) is 0 Å². The Balaban J connectivity index is 2.74. The van der Waals surface area contributed by atoms with E-state index in [9.17, 15) is 0 Å². The Morgan fingerprint density at radius 1 is 1.64 bits per heavy atom. The maximum atomic E-state index is 5.33. The van der Waals surface area contributed by atoms with Crippen LogP contribution in [-0.4, -0.2) is 23.6 Å². The largest absolute Gasteiger partial charge is 0.481 e. The van der Waals surface area contributed by atoms with Crippen LogP contribution >= 0.6 is 0 Å². The molecule has 1 aromatic heterocycles. The van der Waals surface area contributed by atoms with Crippen molar-refractivity contribution in [2.75, 3.05) is 13.7 Å². The number of nitrogens with zero attached hydrogens (tertiary/aromatic N) is 2. The smallest absolute Gasteiger partial charge is 0.216 e. The van der Waals surface area contributed by atoms with Crippen molar-refractivity contribution >= 4 is 0 Å². The van der Waals surface area contributed by atoms with Gasteiger partial charge in [-0.15, -0.1) is 0 Å². The Bertz CT molecular complexity index is 227. The van der Waals surface area contributed by atoms with E-state index in [4.69, 9.17) is 10.5 Å². The Morgan fingerprint density at radius 3 is 3.09 bits per heavy atom. The minimum Gasteiger partial charge on any atom is -0.481 e. The molecule has 0 aliphatic heterocycles. The van der Waals surface area contributed by atoms with Crippen LogP contribution in [0.5, 0.6) is 5.88 Å². The first-order valence-electron chi connectivity index (χ1n) is 3.43. The van der Waals surface area contributed by atoms with Crippen LogP contribution in [0.4, 0.5) is 0 Å². The molecule has 60 valence electrons. The molecule has 0 radical (unpaired) electrons. The summed E-state index contributed by atoms with van der Waals surface area (Å²) in [5, 5.41) is 0. The van der Waals surface area contributed by atoms with Gasteiger partial charge in [0, 0.05) is 18.7 Å². The molecule has 0 aromatic carbocycles. The molecule has 0 bridgehead atoms. The van der Waals surface area contributed by atoms with Gasteiger partial charge in [0.05, 0.1) is 7.11 Å². The average molecular weight is 153 g/mol. The molecule has 0 unspecified atom stereocenters. The first-order valence-corrected chi connectivity index (χ1v) is 3.43. The van der Waals surface area contributed by atoms with E-state index in [-0.39, 0.29) is 0 Å². The molecule has 1 rings (SSSR count). The Hall–Kier alpha value is -1.16. The van der Waals surface area contributed by atoms with E-state index in [1.54, 1.807) is 19.4 Å². The van der Waals surface area contributed by atoms with E-state index < -0.39 is 0 Å². The highest BCUT2D eigenvalue weighted by Gasteiger charge is 1.96. The van der Waals surface area contributed by atoms with Crippen molar-refractivity contribution in [2.24, 2.45) is 5.73 Å². The predicted octanol–water partition coefficient (Wildman–Crippen LogP) is -0.0136. The van der Waals surface area contributed by atoms with Gasteiger partial charge in [-0.2, -0.15) is 4.98 Å². The quantitative estimate of drug-likeness (QED) is 0.663. The topological polar surface area (TPSA) is 61.0 Å². The summed E-state index contributed by atoms with van der Waals surface area (Å²) >= 11 is 0. The Labute approximate surface area is 65.4 Å². The molecule has 0 fully saturated rings. The van der Waals surface area contributed by atoms with Crippen LogP contribution in [0.25, 0.3) is 0 Å². The van der Waals surface area contributed by atoms with E-state index in [2.05, 4.69) is 9.97 Å². The van der Waals surface area contributed by atoms with Gasteiger partial charge in [0.2, 0.25) is 5.88 Å². The van der Waals surface area contributed by atoms with Crippen molar-refractivity contribution in [3.63, 3.8) is 0 Å². The summed E-state index contributed by atoms with van der Waals surface area (Å²) in [4.78, 5) is 8.07. The molecular weight excluding hydrogens is 142 g/mol. The van der Waals surface area contributed by atoms with Crippen molar-refractivity contribution in [3.8, 4) is 5.88 Å². The lowest BCUT2D eigenvalue weighted by molar-refractivity contribution is 0.394. The fourth-order valence-electron chi connectivity index (χ4n) is 0.744. The summed E-state index contributed by atoms with van der Waals surface area (Å²) in [5.74, 6) is 1.32. The van der Waals surface area contributed by atoms with Crippen LogP contribution < -0.4 is 10.5 Å². The SMILES string of the molecule is COc1ccnc(CCN)n1. The van der Waals surface area contributed by atoms with Crippen molar-refractivity contribution in [3.05, 3.63) is 18.1 Å². The molecule has 11 heavy (non-hydrogen) atoms. The van der Waals surface area contributed by atoms with Crippen LogP contribution in [0.15, 0.2) is 12.3 Å². The van der Waals surface area contributed by atoms with Crippen molar-refractivity contribution < 1.29 is 4.74 Å². The minimum absolute atomic E-state index is 0.563. The van der Waals surface area contributed by atoms with Gasteiger partial charge in [-0.1, -0.05) is 0 Å². The first kappa shape index (κ1) is 7.94. The molecule has 0 spiro atoms. The zero-order chi connectivity index (χ0) is 8.10. The van der Waals surface area contributed by atoms with Crippen LogP contribution in [0.3, 0.4) is 0 Å². The number of aromatic nitrogens is 2. The number of hydrogen-bond donors (Lipinski definition) is 1. The van der Waals surface area contributed by atoms with E-state index in [0.717, 1.165) is 5.82 Å². The molecule has 0 saturated carbocycles. The summed E-state index contributed by atoms with van der Waals surface area (Å²) in [6.45, 7) is 0.563. The van der Waals surface area contributed by atoms with Gasteiger partial charge in [0.15, 0.2) is 0 Å². The molecule has 1 aromatic rings. The third-order valence-electron chi connectivity index (χ3n) is 1.26. The summed E-state index contributed by atoms with van der Waals surface area (Å²) in [6.07, 6.45) is 2.36. The molecule has 4 nitrogen and oxygen atoms in total. The standard InChI is InChI=1S/C7H11N3O/c1-11-7-3-5-9-6(10-7)2-4-8/h3,5H,2,4,8H2,1H3. The highest BCUT2D eigenvalue weighted by Crippen LogP contribution is 2.03. The monoisotopic (exact) mass is 153 g/mol. The lowest BCUT2D eigenvalue weighted by atomic mass is 10.4. The molecule has 1 heterocycles. The molecule has 0 aliphatic carbocycles. The van der Waals surface area contributed by atoms with Crippen LogP contribution in [-0.2, 0) is 6.42 Å². The van der Waals surface area contributed by atoms with Gasteiger partial charge in [0.1, 0.15) is 5.82 Å².